The largest absolute Gasteiger partial charge is 0.314 e. The van der Waals surface area contributed by atoms with Gasteiger partial charge in [-0.15, -0.1) is 0 Å². The molecule has 8 aliphatic carbocycles. The van der Waals surface area contributed by atoms with Gasteiger partial charge < -0.3 is 10.2 Å². The fourth-order valence-corrected chi connectivity index (χ4v) is 16.1. The summed E-state index contributed by atoms with van der Waals surface area (Å²) in [6, 6.07) is 0.671. The normalized spacial score (nSPS) is 48.4. The molecular weight excluding hydrogens is 633 g/mol. The third-order valence-corrected chi connectivity index (χ3v) is 19.1. The zero-order valence-corrected chi connectivity index (χ0v) is 35.8. The van der Waals surface area contributed by atoms with E-state index in [2.05, 4.69) is 84.9 Å². The van der Waals surface area contributed by atoms with Gasteiger partial charge in [-0.1, -0.05) is 64.8 Å². The molecule has 52 heavy (non-hydrogen) atoms. The molecular formula is C49H82N2O. The van der Waals surface area contributed by atoms with Crippen LogP contribution in [0, 0.1) is 80.8 Å². The van der Waals surface area contributed by atoms with Crippen LogP contribution in [0.1, 0.15) is 165 Å². The Labute approximate surface area is 321 Å². The summed E-state index contributed by atoms with van der Waals surface area (Å²) >= 11 is 0. The molecule has 0 amide bonds. The Balaban J connectivity index is 0.000000166. The third kappa shape index (κ3) is 6.70. The van der Waals surface area contributed by atoms with Gasteiger partial charge in [0.25, 0.3) is 0 Å². The molecule has 8 rings (SSSR count). The van der Waals surface area contributed by atoms with Crippen LogP contribution in [0.25, 0.3) is 0 Å². The molecule has 0 bridgehead atoms. The highest BCUT2D eigenvalue weighted by Crippen LogP contribution is 2.68. The zero-order valence-electron chi connectivity index (χ0n) is 35.8. The number of allylic oxidation sites excluding steroid dienone is 4. The van der Waals surface area contributed by atoms with Crippen LogP contribution in [0.4, 0.5) is 0 Å². The lowest BCUT2D eigenvalue weighted by atomic mass is 9.47. The fourth-order valence-electron chi connectivity index (χ4n) is 16.1. The molecule has 3 nitrogen and oxygen atoms in total. The molecule has 294 valence electrons. The number of rotatable bonds is 7. The second-order valence-corrected chi connectivity index (χ2v) is 22.1. The van der Waals surface area contributed by atoms with Crippen molar-refractivity contribution in [3.8, 4) is 0 Å². The Morgan fingerprint density at radius 1 is 0.731 bits per heavy atom. The first kappa shape index (κ1) is 39.3. The van der Waals surface area contributed by atoms with Crippen molar-refractivity contribution in [2.75, 3.05) is 27.2 Å². The first-order valence-electron chi connectivity index (χ1n) is 22.9. The van der Waals surface area contributed by atoms with Crippen molar-refractivity contribution in [1.29, 1.82) is 0 Å². The van der Waals surface area contributed by atoms with Crippen molar-refractivity contribution in [3.05, 3.63) is 23.3 Å². The Bertz CT molecular complexity index is 1360. The smallest absolute Gasteiger partial charge is 0.133 e. The number of nitrogens with zero attached hydrogens (tertiary/aromatic N) is 1. The van der Waals surface area contributed by atoms with E-state index in [-0.39, 0.29) is 0 Å². The molecule has 6 fully saturated rings. The maximum absolute atomic E-state index is 12.2. The second kappa shape index (κ2) is 14.9. The van der Waals surface area contributed by atoms with Gasteiger partial charge in [-0.05, 0) is 225 Å². The number of ketones is 1. The van der Waals surface area contributed by atoms with E-state index in [1.54, 1.807) is 5.57 Å². The van der Waals surface area contributed by atoms with Crippen LogP contribution in [0.3, 0.4) is 0 Å². The standard InChI is InChI=1S/C27H48N2.C22H34O/c1-19-12-14-26(3)21(18-19)8-9-22-24-11-10-23(27(24,4)15-13-25(22)26)20(2)28-16-7-17-29(5)6;1-14-9-11-21(3)16(13-14)5-6-17-19-8-7-18(15(2)23)22(19,4)12-10-20(17)21/h8,19-20,22-25,28H,7,9-18H2,1-6H3;5,14,17-20H,6-13H2,1-4H3/t19-,20?,22-,23+,24-,25-,26-,27+;14-,17-,18+,19-,20-,21-,22+/m00/s1. The van der Waals surface area contributed by atoms with Gasteiger partial charge in [-0.2, -0.15) is 0 Å². The number of nitrogens with one attached hydrogen (secondary N) is 1. The molecule has 0 aromatic rings. The summed E-state index contributed by atoms with van der Waals surface area (Å²) in [5.41, 5.74) is 5.53. The van der Waals surface area contributed by atoms with Gasteiger partial charge in [0.1, 0.15) is 5.78 Å². The SMILES string of the molecule is CC(=O)[C@H]1CC[C@H]2[C@@H]3CC=C4C[C@@H](C)CC[C@]4(C)[C@H]3CC[C@]12C.CC(NCCCN(C)C)[C@H]1CC[C@H]2[C@@H]3CC=C4C[C@@H](C)CC[C@]4(C)[C@H]3CC[C@]12C. The van der Waals surface area contributed by atoms with Gasteiger partial charge in [0, 0.05) is 12.0 Å². The highest BCUT2D eigenvalue weighted by atomic mass is 16.1. The summed E-state index contributed by atoms with van der Waals surface area (Å²) in [6.07, 6.45) is 28.8. The van der Waals surface area contributed by atoms with Crippen LogP contribution >= 0.6 is 0 Å². The van der Waals surface area contributed by atoms with Gasteiger partial charge in [-0.25, -0.2) is 0 Å². The van der Waals surface area contributed by atoms with E-state index in [0.29, 0.717) is 39.4 Å². The lowest BCUT2D eigenvalue weighted by Gasteiger charge is -2.58. The molecule has 0 radical (unpaired) electrons. The average molecular weight is 715 g/mol. The maximum atomic E-state index is 12.2. The number of Topliss-reactive ketones (excluding diaryl/α,β-unsaturated/α-hetero) is 1. The predicted molar refractivity (Wildman–Crippen MR) is 220 cm³/mol. The number of carbonyl (C=O) groups excluding carboxylic acids is 1. The van der Waals surface area contributed by atoms with Crippen molar-refractivity contribution >= 4 is 5.78 Å². The lowest BCUT2D eigenvalue weighted by Crippen LogP contribution is -2.52. The number of hydrogen-bond acceptors (Lipinski definition) is 3. The first-order chi connectivity index (χ1) is 24.6. The van der Waals surface area contributed by atoms with Gasteiger partial charge in [-0.3, -0.25) is 4.79 Å². The summed E-state index contributed by atoms with van der Waals surface area (Å²) < 4.78 is 0. The van der Waals surface area contributed by atoms with Crippen LogP contribution in [-0.2, 0) is 4.79 Å². The van der Waals surface area contributed by atoms with E-state index in [1.807, 2.05) is 12.5 Å². The van der Waals surface area contributed by atoms with Gasteiger partial charge in [0.2, 0.25) is 0 Å². The van der Waals surface area contributed by atoms with Gasteiger partial charge >= 0.3 is 0 Å². The molecule has 0 aromatic heterocycles. The molecule has 0 aromatic carbocycles. The molecule has 0 aliphatic heterocycles. The minimum Gasteiger partial charge on any atom is -0.314 e. The fraction of sp³-hybridized carbons (Fsp3) is 0.898. The Morgan fingerprint density at radius 2 is 1.25 bits per heavy atom. The highest BCUT2D eigenvalue weighted by molar-refractivity contribution is 5.79. The summed E-state index contributed by atoms with van der Waals surface area (Å²) in [4.78, 5) is 14.5. The second-order valence-electron chi connectivity index (χ2n) is 22.1. The minimum absolute atomic E-state index is 0.302. The quantitative estimate of drug-likeness (QED) is 0.210. The van der Waals surface area contributed by atoms with Crippen LogP contribution in [0.2, 0.25) is 0 Å². The van der Waals surface area contributed by atoms with Crippen LogP contribution < -0.4 is 5.32 Å². The molecule has 6 saturated carbocycles. The summed E-state index contributed by atoms with van der Waals surface area (Å²) in [6.45, 7) is 22.0. The molecule has 0 heterocycles. The Morgan fingerprint density at radius 3 is 1.79 bits per heavy atom. The van der Waals surface area contributed by atoms with Crippen molar-refractivity contribution in [3.63, 3.8) is 0 Å². The summed E-state index contributed by atoms with van der Waals surface area (Å²) in [5.74, 6) is 8.89. The molecule has 1 N–H and O–H groups in total. The van der Waals surface area contributed by atoms with Crippen molar-refractivity contribution < 1.29 is 4.79 Å². The summed E-state index contributed by atoms with van der Waals surface area (Å²) in [7, 11) is 4.37. The van der Waals surface area contributed by atoms with E-state index in [0.717, 1.165) is 59.7 Å². The third-order valence-electron chi connectivity index (χ3n) is 19.1. The number of carbonyl (C=O) groups is 1. The molecule has 0 spiro atoms. The minimum atomic E-state index is 0.302. The van der Waals surface area contributed by atoms with E-state index in [1.165, 1.54) is 116 Å². The Kier molecular flexibility index (Phi) is 11.2. The summed E-state index contributed by atoms with van der Waals surface area (Å²) in [5, 5.41) is 3.93. The molecule has 3 heteroatoms. The average Bonchev–Trinajstić information content (AvgIpc) is 3.64. The first-order valence-corrected chi connectivity index (χ1v) is 22.9. The zero-order chi connectivity index (χ0) is 37.2. The lowest BCUT2D eigenvalue weighted by molar-refractivity contribution is -0.127. The maximum Gasteiger partial charge on any atom is 0.133 e. The Hall–Kier alpha value is -0.930. The molecule has 15 atom stereocenters. The molecule has 0 saturated heterocycles. The van der Waals surface area contributed by atoms with Crippen molar-refractivity contribution in [1.82, 2.24) is 10.2 Å². The van der Waals surface area contributed by atoms with E-state index >= 15 is 0 Å². The molecule has 8 aliphatic rings. The van der Waals surface area contributed by atoms with Gasteiger partial charge in [0.15, 0.2) is 0 Å². The predicted octanol–water partition coefficient (Wildman–Crippen LogP) is 11.9. The van der Waals surface area contributed by atoms with E-state index < -0.39 is 0 Å². The van der Waals surface area contributed by atoms with Crippen molar-refractivity contribution in [2.45, 2.75) is 171 Å². The monoisotopic (exact) mass is 715 g/mol. The number of fused-ring (bicyclic) bond motifs is 10. The number of hydrogen-bond donors (Lipinski definition) is 1. The van der Waals surface area contributed by atoms with E-state index in [4.69, 9.17) is 0 Å². The van der Waals surface area contributed by atoms with Crippen LogP contribution in [0.15, 0.2) is 23.3 Å². The molecule has 1 unspecified atom stereocenters. The van der Waals surface area contributed by atoms with Crippen molar-refractivity contribution in [2.24, 2.45) is 80.8 Å². The van der Waals surface area contributed by atoms with Crippen LogP contribution in [0.5, 0.6) is 0 Å². The highest BCUT2D eigenvalue weighted by Gasteiger charge is 2.60. The van der Waals surface area contributed by atoms with Crippen LogP contribution in [-0.4, -0.2) is 43.9 Å². The topological polar surface area (TPSA) is 32.3 Å². The van der Waals surface area contributed by atoms with Gasteiger partial charge in [0.05, 0.1) is 0 Å². The van der Waals surface area contributed by atoms with E-state index in [9.17, 15) is 4.79 Å².